The van der Waals surface area contributed by atoms with Gasteiger partial charge in [0.1, 0.15) is 11.9 Å². The van der Waals surface area contributed by atoms with E-state index in [1.54, 1.807) is 24.5 Å². The first-order valence-corrected chi connectivity index (χ1v) is 6.24. The largest absolute Gasteiger partial charge is 0.383 e. The fourth-order valence-corrected chi connectivity index (χ4v) is 2.17. The molecule has 0 spiro atoms. The summed E-state index contributed by atoms with van der Waals surface area (Å²) in [5.41, 5.74) is 8.81. The molecule has 20 heavy (non-hydrogen) atoms. The van der Waals surface area contributed by atoms with Gasteiger partial charge in [-0.2, -0.15) is 5.10 Å². The second-order valence-corrected chi connectivity index (χ2v) is 4.45. The van der Waals surface area contributed by atoms with Crippen molar-refractivity contribution in [1.82, 2.24) is 15.2 Å². The third-order valence-electron chi connectivity index (χ3n) is 3.19. The highest BCUT2D eigenvalue weighted by Crippen LogP contribution is 2.31. The molecule has 0 aliphatic rings. The van der Waals surface area contributed by atoms with Crippen LogP contribution in [0.2, 0.25) is 0 Å². The van der Waals surface area contributed by atoms with Crippen molar-refractivity contribution in [1.29, 1.82) is 0 Å². The summed E-state index contributed by atoms with van der Waals surface area (Å²) in [6, 6.07) is 13.2. The fraction of sp³-hybridized carbons (Fsp3) is 0.0667. The van der Waals surface area contributed by atoms with Crippen LogP contribution in [-0.4, -0.2) is 20.3 Å². The Balaban J connectivity index is 2.04. The quantitative estimate of drug-likeness (QED) is 0.677. The normalized spacial score (nSPS) is 12.2. The van der Waals surface area contributed by atoms with Gasteiger partial charge in [0, 0.05) is 17.3 Å². The monoisotopic (exact) mass is 266 g/mol. The Morgan fingerprint density at radius 2 is 1.85 bits per heavy atom. The van der Waals surface area contributed by atoms with E-state index in [0.717, 1.165) is 11.3 Å². The number of nitrogen functional groups attached to an aromatic ring is 1. The first-order valence-electron chi connectivity index (χ1n) is 6.24. The van der Waals surface area contributed by atoms with Crippen LogP contribution in [0.4, 0.5) is 5.82 Å². The highest BCUT2D eigenvalue weighted by Gasteiger charge is 2.19. The average molecular weight is 266 g/mol. The minimum atomic E-state index is -0.863. The smallest absolute Gasteiger partial charge is 0.129 e. The molecule has 0 aliphatic heterocycles. The van der Waals surface area contributed by atoms with Crippen molar-refractivity contribution in [3.63, 3.8) is 0 Å². The van der Waals surface area contributed by atoms with E-state index in [1.165, 1.54) is 0 Å². The van der Waals surface area contributed by atoms with Crippen LogP contribution in [0.1, 0.15) is 17.2 Å². The molecule has 0 fully saturated rings. The predicted octanol–water partition coefficient (Wildman–Crippen LogP) is 2.14. The number of nitrogens with zero attached hydrogens (tertiary/aromatic N) is 2. The zero-order valence-corrected chi connectivity index (χ0v) is 10.7. The molecule has 0 bridgehead atoms. The molecular formula is C15H14N4O. The Morgan fingerprint density at radius 3 is 2.60 bits per heavy atom. The molecule has 5 heteroatoms. The van der Waals surface area contributed by atoms with Crippen molar-refractivity contribution >= 4 is 5.82 Å². The molecule has 3 aromatic rings. The minimum absolute atomic E-state index is 0.320. The van der Waals surface area contributed by atoms with Crippen molar-refractivity contribution in [3.8, 4) is 11.3 Å². The number of nitrogens with one attached hydrogen (secondary N) is 1. The Kier molecular flexibility index (Phi) is 3.18. The number of nitrogens with two attached hydrogens (primary N) is 1. The van der Waals surface area contributed by atoms with E-state index >= 15 is 0 Å². The molecule has 3 rings (SSSR count). The molecule has 0 amide bonds. The molecule has 1 atom stereocenters. The zero-order chi connectivity index (χ0) is 13.9. The van der Waals surface area contributed by atoms with Gasteiger partial charge in [-0.1, -0.05) is 36.4 Å². The van der Waals surface area contributed by atoms with Gasteiger partial charge in [0.15, 0.2) is 0 Å². The second-order valence-electron chi connectivity index (χ2n) is 4.45. The van der Waals surface area contributed by atoms with Gasteiger partial charge in [0.25, 0.3) is 0 Å². The first kappa shape index (κ1) is 12.4. The number of benzene rings is 1. The van der Waals surface area contributed by atoms with Crippen LogP contribution in [0.25, 0.3) is 11.3 Å². The molecule has 0 saturated heterocycles. The van der Waals surface area contributed by atoms with Crippen LogP contribution in [0.5, 0.6) is 0 Å². The van der Waals surface area contributed by atoms with Crippen LogP contribution in [-0.2, 0) is 0 Å². The van der Waals surface area contributed by atoms with E-state index in [0.29, 0.717) is 16.9 Å². The van der Waals surface area contributed by atoms with Crippen LogP contribution in [0, 0.1) is 0 Å². The number of aliphatic hydroxyl groups excluding tert-OH is 1. The second kappa shape index (κ2) is 5.14. The van der Waals surface area contributed by atoms with Gasteiger partial charge in [-0.25, -0.2) is 4.98 Å². The van der Waals surface area contributed by atoms with Gasteiger partial charge in [-0.3, -0.25) is 5.10 Å². The van der Waals surface area contributed by atoms with Gasteiger partial charge in [0.2, 0.25) is 0 Å². The summed E-state index contributed by atoms with van der Waals surface area (Å²) < 4.78 is 0. The molecule has 2 heterocycles. The number of hydrogen-bond acceptors (Lipinski definition) is 4. The number of anilines is 1. The lowest BCUT2D eigenvalue weighted by molar-refractivity contribution is 0.221. The maximum Gasteiger partial charge on any atom is 0.129 e. The number of hydrogen-bond donors (Lipinski definition) is 3. The van der Waals surface area contributed by atoms with E-state index in [1.807, 2.05) is 30.3 Å². The number of aromatic nitrogens is 3. The SMILES string of the molecule is Nc1ncccc1C(O)c1cn[nH]c1-c1ccccc1. The van der Waals surface area contributed by atoms with Gasteiger partial charge >= 0.3 is 0 Å². The standard InChI is InChI=1S/C15H14N4O/c16-15-11(7-4-8-17-15)14(20)12-9-18-19-13(12)10-5-2-1-3-6-10/h1-9,14,20H,(H2,16,17)(H,18,19). The number of aliphatic hydroxyl groups is 1. The number of aromatic amines is 1. The van der Waals surface area contributed by atoms with E-state index < -0.39 is 6.10 Å². The zero-order valence-electron chi connectivity index (χ0n) is 10.7. The number of pyridine rings is 1. The van der Waals surface area contributed by atoms with Gasteiger partial charge in [-0.15, -0.1) is 0 Å². The topological polar surface area (TPSA) is 87.8 Å². The third kappa shape index (κ3) is 2.15. The predicted molar refractivity (Wildman–Crippen MR) is 76.7 cm³/mol. The summed E-state index contributed by atoms with van der Waals surface area (Å²) in [6.45, 7) is 0. The molecule has 5 nitrogen and oxygen atoms in total. The molecule has 1 aromatic carbocycles. The summed E-state index contributed by atoms with van der Waals surface area (Å²) >= 11 is 0. The number of rotatable bonds is 3. The van der Waals surface area contributed by atoms with Gasteiger partial charge in [0.05, 0.1) is 11.9 Å². The summed E-state index contributed by atoms with van der Waals surface area (Å²) in [6.07, 6.45) is 2.34. The van der Waals surface area contributed by atoms with E-state index in [2.05, 4.69) is 15.2 Å². The van der Waals surface area contributed by atoms with Gasteiger partial charge in [-0.05, 0) is 11.6 Å². The summed E-state index contributed by atoms with van der Waals surface area (Å²) in [5, 5.41) is 17.5. The minimum Gasteiger partial charge on any atom is -0.383 e. The van der Waals surface area contributed by atoms with Crippen LogP contribution >= 0.6 is 0 Å². The van der Waals surface area contributed by atoms with Crippen LogP contribution in [0.3, 0.4) is 0 Å². The fourth-order valence-electron chi connectivity index (χ4n) is 2.17. The van der Waals surface area contributed by atoms with Crippen LogP contribution in [0.15, 0.2) is 54.9 Å². The molecule has 1 unspecified atom stereocenters. The lowest BCUT2D eigenvalue weighted by Crippen LogP contribution is -2.05. The lowest BCUT2D eigenvalue weighted by atomic mass is 9.99. The van der Waals surface area contributed by atoms with E-state index in [9.17, 15) is 5.11 Å². The Bertz CT molecular complexity index is 709. The Morgan fingerprint density at radius 1 is 1.05 bits per heavy atom. The highest BCUT2D eigenvalue weighted by atomic mass is 16.3. The van der Waals surface area contributed by atoms with Crippen molar-refractivity contribution in [2.24, 2.45) is 0 Å². The molecule has 0 aliphatic carbocycles. The molecule has 0 saturated carbocycles. The molecule has 0 radical (unpaired) electrons. The summed E-state index contributed by atoms with van der Waals surface area (Å²) in [7, 11) is 0. The van der Waals surface area contributed by atoms with Crippen molar-refractivity contribution < 1.29 is 5.11 Å². The summed E-state index contributed by atoms with van der Waals surface area (Å²) in [4.78, 5) is 4.00. The maximum atomic E-state index is 10.5. The van der Waals surface area contributed by atoms with E-state index in [-0.39, 0.29) is 0 Å². The Labute approximate surface area is 116 Å². The maximum absolute atomic E-state index is 10.5. The van der Waals surface area contributed by atoms with Crippen molar-refractivity contribution in [2.75, 3.05) is 5.73 Å². The van der Waals surface area contributed by atoms with Crippen LogP contribution < -0.4 is 5.73 Å². The number of H-pyrrole nitrogens is 1. The molecule has 100 valence electrons. The molecular weight excluding hydrogens is 252 g/mol. The highest BCUT2D eigenvalue weighted by molar-refractivity contribution is 5.64. The van der Waals surface area contributed by atoms with Gasteiger partial charge < -0.3 is 10.8 Å². The Hall–Kier alpha value is -2.66. The summed E-state index contributed by atoms with van der Waals surface area (Å²) in [5.74, 6) is 0.320. The first-order chi connectivity index (χ1) is 9.77. The van der Waals surface area contributed by atoms with E-state index in [4.69, 9.17) is 5.73 Å². The third-order valence-corrected chi connectivity index (χ3v) is 3.19. The van der Waals surface area contributed by atoms with Crippen molar-refractivity contribution in [3.05, 3.63) is 66.0 Å². The van der Waals surface area contributed by atoms with Crippen molar-refractivity contribution in [2.45, 2.75) is 6.10 Å². The molecule has 2 aromatic heterocycles. The lowest BCUT2D eigenvalue weighted by Gasteiger charge is -2.13. The average Bonchev–Trinajstić information content (AvgIpc) is 2.97. The molecule has 4 N–H and O–H groups in total.